The predicted molar refractivity (Wildman–Crippen MR) is 100 cm³/mol. The Kier molecular flexibility index (Phi) is 4.71. The summed E-state index contributed by atoms with van der Waals surface area (Å²) in [6.07, 6.45) is 1.65. The Bertz CT molecular complexity index is 767. The van der Waals surface area contributed by atoms with Crippen LogP contribution in [0.1, 0.15) is 33.3 Å². The molecule has 25 heavy (non-hydrogen) atoms. The molecule has 0 bridgehead atoms. The van der Waals surface area contributed by atoms with Crippen LogP contribution in [-0.2, 0) is 15.9 Å². The van der Waals surface area contributed by atoms with E-state index in [1.165, 1.54) is 0 Å². The van der Waals surface area contributed by atoms with Crippen molar-refractivity contribution in [2.75, 3.05) is 5.73 Å². The molecule has 132 valence electrons. The van der Waals surface area contributed by atoms with Gasteiger partial charge >= 0.3 is 7.12 Å². The standard InChI is InChI=1S/C18H22BClN2O3/c1-17(2)18(3,4)25-19(24-17)13-9-15(16(21)22-10-13)23-11-12-7-5-6-8-14(12)20/h5-10H,11H2,1-4H3,(H2,21,22). The van der Waals surface area contributed by atoms with Gasteiger partial charge in [0.15, 0.2) is 11.6 Å². The summed E-state index contributed by atoms with van der Waals surface area (Å²) in [5.74, 6) is 0.791. The molecule has 2 aromatic rings. The highest BCUT2D eigenvalue weighted by Crippen LogP contribution is 2.36. The first-order chi connectivity index (χ1) is 11.7. The lowest BCUT2D eigenvalue weighted by atomic mass is 9.80. The first-order valence-corrected chi connectivity index (χ1v) is 8.55. The van der Waals surface area contributed by atoms with Crippen molar-refractivity contribution in [1.82, 2.24) is 4.98 Å². The Labute approximate surface area is 153 Å². The van der Waals surface area contributed by atoms with Crippen molar-refractivity contribution in [3.05, 3.63) is 47.1 Å². The maximum Gasteiger partial charge on any atom is 0.496 e. The van der Waals surface area contributed by atoms with Crippen LogP contribution in [0.2, 0.25) is 5.02 Å². The highest BCUT2D eigenvalue weighted by Gasteiger charge is 2.51. The van der Waals surface area contributed by atoms with E-state index in [9.17, 15) is 0 Å². The van der Waals surface area contributed by atoms with Crippen molar-refractivity contribution in [3.8, 4) is 5.75 Å². The van der Waals surface area contributed by atoms with Gasteiger partial charge < -0.3 is 19.8 Å². The smallest absolute Gasteiger partial charge is 0.485 e. The molecular weight excluding hydrogens is 338 g/mol. The van der Waals surface area contributed by atoms with Crippen molar-refractivity contribution in [3.63, 3.8) is 0 Å². The minimum Gasteiger partial charge on any atom is -0.485 e. The van der Waals surface area contributed by atoms with Crippen molar-refractivity contribution < 1.29 is 14.0 Å². The number of pyridine rings is 1. The molecular formula is C18H22BClN2O3. The average molecular weight is 361 g/mol. The largest absolute Gasteiger partial charge is 0.496 e. The molecule has 0 aliphatic carbocycles. The lowest BCUT2D eigenvalue weighted by Crippen LogP contribution is -2.41. The Morgan fingerprint density at radius 3 is 2.44 bits per heavy atom. The second kappa shape index (κ2) is 6.52. The van der Waals surface area contributed by atoms with E-state index in [4.69, 9.17) is 31.4 Å². The first-order valence-electron chi connectivity index (χ1n) is 8.17. The van der Waals surface area contributed by atoms with Gasteiger partial charge in [-0.1, -0.05) is 29.8 Å². The van der Waals surface area contributed by atoms with Crippen LogP contribution in [0.3, 0.4) is 0 Å². The molecule has 1 aromatic carbocycles. The summed E-state index contributed by atoms with van der Waals surface area (Å²) >= 11 is 6.16. The molecule has 5 nitrogen and oxygen atoms in total. The van der Waals surface area contributed by atoms with Gasteiger partial charge in [-0.05, 0) is 39.8 Å². The van der Waals surface area contributed by atoms with Gasteiger partial charge in [0, 0.05) is 22.2 Å². The Hall–Kier alpha value is -1.76. The maximum absolute atomic E-state index is 6.16. The monoisotopic (exact) mass is 360 g/mol. The van der Waals surface area contributed by atoms with E-state index in [1.54, 1.807) is 12.3 Å². The topological polar surface area (TPSA) is 66.6 Å². The number of rotatable bonds is 4. The third kappa shape index (κ3) is 3.61. The average Bonchev–Trinajstić information content (AvgIpc) is 2.76. The van der Waals surface area contributed by atoms with Crippen molar-refractivity contribution in [2.45, 2.75) is 45.5 Å². The molecule has 0 unspecified atom stereocenters. The molecule has 1 aliphatic heterocycles. The number of halogens is 1. The van der Waals surface area contributed by atoms with Crippen LogP contribution < -0.4 is 15.9 Å². The number of aromatic nitrogens is 1. The fourth-order valence-corrected chi connectivity index (χ4v) is 2.66. The van der Waals surface area contributed by atoms with Crippen LogP contribution in [0, 0.1) is 0 Å². The molecule has 0 amide bonds. The predicted octanol–water partition coefficient (Wildman–Crippen LogP) is 3.20. The second-order valence-electron chi connectivity index (χ2n) is 7.12. The van der Waals surface area contributed by atoms with Gasteiger partial charge in [-0.25, -0.2) is 4.98 Å². The summed E-state index contributed by atoms with van der Waals surface area (Å²) in [6, 6.07) is 9.32. The highest BCUT2D eigenvalue weighted by atomic mass is 35.5. The molecule has 2 heterocycles. The Balaban J connectivity index is 1.79. The third-order valence-electron chi connectivity index (χ3n) is 4.77. The summed E-state index contributed by atoms with van der Waals surface area (Å²) in [7, 11) is -0.513. The lowest BCUT2D eigenvalue weighted by Gasteiger charge is -2.32. The summed E-state index contributed by atoms with van der Waals surface area (Å²) in [5.41, 5.74) is 6.75. The number of anilines is 1. The number of nitrogen functional groups attached to an aromatic ring is 1. The van der Waals surface area contributed by atoms with Gasteiger partial charge in [-0.3, -0.25) is 0 Å². The minimum atomic E-state index is -0.513. The normalized spacial score (nSPS) is 18.4. The van der Waals surface area contributed by atoms with Crippen molar-refractivity contribution in [2.24, 2.45) is 0 Å². The van der Waals surface area contributed by atoms with Gasteiger partial charge in [0.05, 0.1) is 11.2 Å². The number of ether oxygens (including phenoxy) is 1. The van der Waals surface area contributed by atoms with Gasteiger partial charge in [0.25, 0.3) is 0 Å². The van der Waals surface area contributed by atoms with Crippen LogP contribution in [0.4, 0.5) is 5.82 Å². The van der Waals surface area contributed by atoms with Crippen molar-refractivity contribution in [1.29, 1.82) is 0 Å². The molecule has 2 N–H and O–H groups in total. The van der Waals surface area contributed by atoms with Crippen LogP contribution in [0.5, 0.6) is 5.75 Å². The summed E-state index contributed by atoms with van der Waals surface area (Å²) in [6.45, 7) is 8.33. The van der Waals surface area contributed by atoms with E-state index in [2.05, 4.69) is 4.98 Å². The number of hydrogen-bond acceptors (Lipinski definition) is 5. The second-order valence-corrected chi connectivity index (χ2v) is 7.53. The van der Waals surface area contributed by atoms with Crippen LogP contribution >= 0.6 is 11.6 Å². The van der Waals surface area contributed by atoms with Crippen molar-refractivity contribution >= 4 is 30.0 Å². The molecule has 0 radical (unpaired) electrons. The molecule has 1 aliphatic rings. The summed E-state index contributed by atoms with van der Waals surface area (Å²) in [4.78, 5) is 4.21. The van der Waals surface area contributed by atoms with E-state index in [0.717, 1.165) is 11.0 Å². The maximum atomic E-state index is 6.16. The molecule has 3 rings (SSSR count). The van der Waals surface area contributed by atoms with Crippen LogP contribution in [0.15, 0.2) is 36.5 Å². The highest BCUT2D eigenvalue weighted by molar-refractivity contribution is 6.62. The van der Waals surface area contributed by atoms with Gasteiger partial charge in [-0.15, -0.1) is 0 Å². The molecule has 1 fully saturated rings. The molecule has 1 saturated heterocycles. The van der Waals surface area contributed by atoms with Gasteiger partial charge in [0.2, 0.25) is 0 Å². The number of nitrogens with zero attached hydrogens (tertiary/aromatic N) is 1. The molecule has 0 atom stereocenters. The zero-order chi connectivity index (χ0) is 18.2. The number of benzene rings is 1. The number of hydrogen-bond donors (Lipinski definition) is 1. The van der Waals surface area contributed by atoms with E-state index >= 15 is 0 Å². The minimum absolute atomic E-state index is 0.304. The summed E-state index contributed by atoms with van der Waals surface area (Å²) < 4.78 is 17.9. The fraction of sp³-hybridized carbons (Fsp3) is 0.389. The SMILES string of the molecule is CC1(C)OB(c2cnc(N)c(OCc3ccccc3Cl)c2)OC1(C)C. The first kappa shape index (κ1) is 18.0. The quantitative estimate of drug-likeness (QED) is 0.848. The van der Waals surface area contributed by atoms with Gasteiger partial charge in [0.1, 0.15) is 6.61 Å². The van der Waals surface area contributed by atoms with Crippen LogP contribution in [0.25, 0.3) is 0 Å². The lowest BCUT2D eigenvalue weighted by molar-refractivity contribution is 0.00578. The summed E-state index contributed by atoms with van der Waals surface area (Å²) in [5, 5.41) is 0.649. The van der Waals surface area contributed by atoms with E-state index in [1.807, 2.05) is 52.0 Å². The Morgan fingerprint density at radius 2 is 1.80 bits per heavy atom. The third-order valence-corrected chi connectivity index (χ3v) is 5.14. The van der Waals surface area contributed by atoms with E-state index in [-0.39, 0.29) is 0 Å². The molecule has 0 saturated carbocycles. The molecule has 1 aromatic heterocycles. The van der Waals surface area contributed by atoms with Crippen LogP contribution in [-0.4, -0.2) is 23.3 Å². The zero-order valence-electron chi connectivity index (χ0n) is 14.9. The zero-order valence-corrected chi connectivity index (χ0v) is 15.6. The van der Waals surface area contributed by atoms with Gasteiger partial charge in [-0.2, -0.15) is 0 Å². The number of nitrogens with two attached hydrogens (primary N) is 1. The molecule has 0 spiro atoms. The van der Waals surface area contributed by atoms with E-state index < -0.39 is 18.3 Å². The fourth-order valence-electron chi connectivity index (χ4n) is 2.46. The Morgan fingerprint density at radius 1 is 1.16 bits per heavy atom. The molecule has 7 heteroatoms. The van der Waals surface area contributed by atoms with E-state index in [0.29, 0.717) is 23.2 Å².